The number of esters is 1. The molecule has 0 bridgehead atoms. The zero-order chi connectivity index (χ0) is 17.8. The monoisotopic (exact) mass is 350 g/mol. The van der Waals surface area contributed by atoms with E-state index < -0.39 is 0 Å². The van der Waals surface area contributed by atoms with E-state index >= 15 is 0 Å². The summed E-state index contributed by atoms with van der Waals surface area (Å²) in [5.74, 6) is -0.0404. The molecule has 0 amide bonds. The molecule has 5 nitrogen and oxygen atoms in total. The first-order valence-corrected chi connectivity index (χ1v) is 8.97. The molecule has 2 aliphatic heterocycles. The van der Waals surface area contributed by atoms with E-state index in [2.05, 4.69) is 10.2 Å². The number of piperidine rings is 1. The largest absolute Gasteiger partial charge is 0.469 e. The zero-order valence-electron chi connectivity index (χ0n) is 15.0. The Morgan fingerprint density at radius 2 is 2.08 bits per heavy atom. The third kappa shape index (κ3) is 4.12. The number of benzene rings is 1. The molecule has 2 atom stereocenters. The Labute approximate surface area is 148 Å². The number of nitrogens with zero attached hydrogens (tertiary/aromatic N) is 1. The maximum atomic E-state index is 13.9. The van der Waals surface area contributed by atoms with Crippen molar-refractivity contribution in [3.63, 3.8) is 0 Å². The summed E-state index contributed by atoms with van der Waals surface area (Å²) in [6.07, 6.45) is 2.49. The highest BCUT2D eigenvalue weighted by atomic mass is 19.1. The maximum Gasteiger partial charge on any atom is 0.308 e. The van der Waals surface area contributed by atoms with E-state index in [-0.39, 0.29) is 17.7 Å². The van der Waals surface area contributed by atoms with Gasteiger partial charge in [0.15, 0.2) is 0 Å². The molecule has 1 N–H and O–H groups in total. The van der Waals surface area contributed by atoms with Crippen LogP contribution < -0.4 is 10.2 Å². The fourth-order valence-electron chi connectivity index (χ4n) is 4.04. The van der Waals surface area contributed by atoms with Gasteiger partial charge in [0.25, 0.3) is 0 Å². The quantitative estimate of drug-likeness (QED) is 0.826. The number of anilines is 1. The molecule has 3 rings (SSSR count). The van der Waals surface area contributed by atoms with Crippen LogP contribution in [-0.2, 0) is 14.3 Å². The minimum atomic E-state index is -0.215. The van der Waals surface area contributed by atoms with Gasteiger partial charge in [0.05, 0.1) is 19.6 Å². The van der Waals surface area contributed by atoms with Crippen LogP contribution in [0.3, 0.4) is 0 Å². The van der Waals surface area contributed by atoms with Gasteiger partial charge in [-0.05, 0) is 42.9 Å². The average molecular weight is 350 g/mol. The number of rotatable bonds is 5. The molecule has 0 aliphatic carbocycles. The van der Waals surface area contributed by atoms with Crippen LogP contribution in [0.25, 0.3) is 0 Å². The third-order valence-electron chi connectivity index (χ3n) is 5.39. The van der Waals surface area contributed by atoms with E-state index in [0.29, 0.717) is 18.6 Å². The number of hydrogen-bond donors (Lipinski definition) is 1. The molecule has 2 aliphatic rings. The second kappa shape index (κ2) is 8.15. The van der Waals surface area contributed by atoms with Crippen molar-refractivity contribution in [2.24, 2.45) is 5.92 Å². The van der Waals surface area contributed by atoms with Crippen molar-refractivity contribution in [3.05, 3.63) is 29.6 Å². The summed E-state index contributed by atoms with van der Waals surface area (Å²) in [5, 5.41) is 3.48. The Hall–Kier alpha value is -1.66. The molecular formula is C19H27FN2O3. The lowest BCUT2D eigenvalue weighted by Gasteiger charge is -2.34. The minimum absolute atomic E-state index is 0.0440. The molecule has 1 unspecified atom stereocenters. The van der Waals surface area contributed by atoms with Crippen molar-refractivity contribution in [2.45, 2.75) is 31.2 Å². The third-order valence-corrected chi connectivity index (χ3v) is 5.39. The smallest absolute Gasteiger partial charge is 0.308 e. The number of ether oxygens (including phenoxy) is 2. The maximum absolute atomic E-state index is 13.9. The second-order valence-corrected chi connectivity index (χ2v) is 6.98. The minimum Gasteiger partial charge on any atom is -0.469 e. The van der Waals surface area contributed by atoms with Crippen LogP contribution in [0.2, 0.25) is 0 Å². The van der Waals surface area contributed by atoms with Gasteiger partial charge in [-0.25, -0.2) is 4.39 Å². The molecule has 6 heteroatoms. The first-order chi connectivity index (χ1) is 12.1. The fraction of sp³-hybridized carbons (Fsp3) is 0.632. The predicted octanol–water partition coefficient (Wildman–Crippen LogP) is 2.31. The van der Waals surface area contributed by atoms with Crippen LogP contribution in [0.1, 0.15) is 30.7 Å². The number of carbonyl (C=O) groups excluding carboxylic acids is 1. The molecule has 2 heterocycles. The van der Waals surface area contributed by atoms with Crippen molar-refractivity contribution in [2.75, 3.05) is 45.4 Å². The highest BCUT2D eigenvalue weighted by Crippen LogP contribution is 2.35. The Kier molecular flexibility index (Phi) is 5.91. The molecule has 0 aromatic heterocycles. The molecular weight excluding hydrogens is 323 g/mol. The summed E-state index contributed by atoms with van der Waals surface area (Å²) in [6, 6.07) is 5.44. The summed E-state index contributed by atoms with van der Waals surface area (Å²) in [5.41, 5.74) is 2.15. The molecule has 0 saturated carbocycles. The normalized spacial score (nSPS) is 24.5. The Balaban J connectivity index is 1.73. The molecule has 1 aromatic carbocycles. The van der Waals surface area contributed by atoms with Crippen molar-refractivity contribution in [3.8, 4) is 0 Å². The van der Waals surface area contributed by atoms with Gasteiger partial charge < -0.3 is 19.7 Å². The van der Waals surface area contributed by atoms with Crippen molar-refractivity contribution < 1.29 is 18.7 Å². The molecule has 0 spiro atoms. The van der Waals surface area contributed by atoms with E-state index in [0.717, 1.165) is 44.6 Å². The van der Waals surface area contributed by atoms with Crippen molar-refractivity contribution >= 4 is 11.7 Å². The SMILES string of the molecule is COC[C@@H]1CC(c2ccc(F)cc2N2CCC(C(=O)OC)CC2)CN1. The number of halogens is 1. The summed E-state index contributed by atoms with van der Waals surface area (Å²) in [7, 11) is 3.15. The molecule has 2 saturated heterocycles. The van der Waals surface area contributed by atoms with Gasteiger partial charge in [-0.3, -0.25) is 4.79 Å². The van der Waals surface area contributed by atoms with Crippen LogP contribution in [0.15, 0.2) is 18.2 Å². The molecule has 2 fully saturated rings. The zero-order valence-corrected chi connectivity index (χ0v) is 15.0. The van der Waals surface area contributed by atoms with Gasteiger partial charge in [-0.15, -0.1) is 0 Å². The first-order valence-electron chi connectivity index (χ1n) is 8.97. The van der Waals surface area contributed by atoms with Gasteiger partial charge in [0.1, 0.15) is 5.82 Å². The lowest BCUT2D eigenvalue weighted by atomic mass is 9.91. The Morgan fingerprint density at radius 1 is 1.32 bits per heavy atom. The van der Waals surface area contributed by atoms with E-state index in [1.54, 1.807) is 19.2 Å². The van der Waals surface area contributed by atoms with E-state index in [4.69, 9.17) is 9.47 Å². The lowest BCUT2D eigenvalue weighted by molar-refractivity contribution is -0.146. The van der Waals surface area contributed by atoms with Gasteiger partial charge in [-0.1, -0.05) is 6.07 Å². The number of nitrogens with one attached hydrogen (secondary N) is 1. The Morgan fingerprint density at radius 3 is 2.76 bits per heavy atom. The van der Waals surface area contributed by atoms with E-state index in [1.807, 2.05) is 6.07 Å². The van der Waals surface area contributed by atoms with Crippen LogP contribution in [0.5, 0.6) is 0 Å². The van der Waals surface area contributed by atoms with E-state index in [9.17, 15) is 9.18 Å². The summed E-state index contributed by atoms with van der Waals surface area (Å²) < 4.78 is 24.0. The van der Waals surface area contributed by atoms with Crippen LogP contribution in [0, 0.1) is 11.7 Å². The summed E-state index contributed by atoms with van der Waals surface area (Å²) >= 11 is 0. The van der Waals surface area contributed by atoms with E-state index in [1.165, 1.54) is 12.7 Å². The fourth-order valence-corrected chi connectivity index (χ4v) is 4.04. The number of methoxy groups -OCH3 is 2. The summed E-state index contributed by atoms with van der Waals surface area (Å²) in [6.45, 7) is 3.07. The van der Waals surface area contributed by atoms with Gasteiger partial charge in [-0.2, -0.15) is 0 Å². The highest BCUT2D eigenvalue weighted by Gasteiger charge is 2.31. The molecule has 138 valence electrons. The van der Waals surface area contributed by atoms with Gasteiger partial charge >= 0.3 is 5.97 Å². The molecule has 0 radical (unpaired) electrons. The highest BCUT2D eigenvalue weighted by molar-refractivity contribution is 5.72. The standard InChI is InChI=1S/C19H27FN2O3/c1-24-12-16-9-14(11-21-16)17-4-3-15(20)10-18(17)22-7-5-13(6-8-22)19(23)25-2/h3-4,10,13-14,16,21H,5-9,11-12H2,1-2H3/t14?,16-/m0/s1. The second-order valence-electron chi connectivity index (χ2n) is 6.98. The lowest BCUT2D eigenvalue weighted by Crippen LogP contribution is -2.37. The molecule has 1 aromatic rings. The van der Waals surface area contributed by atoms with Gasteiger partial charge in [0, 0.05) is 38.5 Å². The van der Waals surface area contributed by atoms with Crippen LogP contribution >= 0.6 is 0 Å². The van der Waals surface area contributed by atoms with Crippen LogP contribution in [-0.4, -0.2) is 52.5 Å². The Bertz CT molecular complexity index is 602. The molecule has 25 heavy (non-hydrogen) atoms. The predicted molar refractivity (Wildman–Crippen MR) is 94.4 cm³/mol. The van der Waals surface area contributed by atoms with Crippen molar-refractivity contribution in [1.29, 1.82) is 0 Å². The number of carbonyl (C=O) groups is 1. The first kappa shape index (κ1) is 18.1. The van der Waals surface area contributed by atoms with Crippen molar-refractivity contribution in [1.82, 2.24) is 5.32 Å². The summed E-state index contributed by atoms with van der Waals surface area (Å²) in [4.78, 5) is 13.9. The average Bonchev–Trinajstić information content (AvgIpc) is 3.10. The van der Waals surface area contributed by atoms with Gasteiger partial charge in [0.2, 0.25) is 0 Å². The topological polar surface area (TPSA) is 50.8 Å². The number of hydrogen-bond acceptors (Lipinski definition) is 5. The van der Waals surface area contributed by atoms with Crippen LogP contribution in [0.4, 0.5) is 10.1 Å².